The molecule has 4 rings (SSSR count). The predicted molar refractivity (Wildman–Crippen MR) is 116 cm³/mol. The molecule has 0 unspecified atom stereocenters. The lowest BCUT2D eigenvalue weighted by atomic mass is 10.1. The summed E-state index contributed by atoms with van der Waals surface area (Å²) in [6.45, 7) is 4.22. The number of aromatic nitrogens is 4. The van der Waals surface area contributed by atoms with Gasteiger partial charge in [-0.1, -0.05) is 0 Å². The van der Waals surface area contributed by atoms with Gasteiger partial charge in [-0.2, -0.15) is 0 Å². The van der Waals surface area contributed by atoms with E-state index in [0.29, 0.717) is 11.5 Å². The second-order valence-corrected chi connectivity index (χ2v) is 7.09. The number of hydrogen-bond donors (Lipinski definition) is 0. The quantitative estimate of drug-likeness (QED) is 0.461. The molecule has 0 N–H and O–H groups in total. The van der Waals surface area contributed by atoms with Crippen molar-refractivity contribution in [1.82, 2.24) is 19.5 Å². The number of methoxy groups -OCH3 is 3. The maximum Gasteiger partial charge on any atom is 0.164 e. The summed E-state index contributed by atoms with van der Waals surface area (Å²) >= 11 is 0. The number of nitrogens with zero attached hydrogens (tertiary/aromatic N) is 4. The van der Waals surface area contributed by atoms with E-state index < -0.39 is 0 Å². The van der Waals surface area contributed by atoms with E-state index in [1.54, 1.807) is 27.7 Å². The average Bonchev–Trinajstić information content (AvgIpc) is 3.18. The number of hydrogen-bond acceptors (Lipinski definition) is 6. The van der Waals surface area contributed by atoms with Crippen LogP contribution in [0.25, 0.3) is 33.8 Å². The Hall–Kier alpha value is -3.61. The fourth-order valence-electron chi connectivity index (χ4n) is 3.54. The van der Waals surface area contributed by atoms with Gasteiger partial charge < -0.3 is 18.8 Å². The van der Waals surface area contributed by atoms with Crippen molar-refractivity contribution in [3.8, 4) is 39.9 Å². The summed E-state index contributed by atoms with van der Waals surface area (Å²) in [4.78, 5) is 14.0. The Bertz CT molecular complexity index is 1180. The molecule has 0 atom stereocenters. The molecule has 4 aromatic rings. The zero-order valence-electron chi connectivity index (χ0n) is 17.7. The van der Waals surface area contributed by atoms with Crippen molar-refractivity contribution in [2.24, 2.45) is 0 Å². The Morgan fingerprint density at radius 2 is 1.50 bits per heavy atom. The lowest BCUT2D eigenvalue weighted by Gasteiger charge is -2.14. The monoisotopic (exact) mass is 404 g/mol. The SMILES string of the molecule is COc1ccc(-c2ncnc3c2nc(-c2ccc(OC)c(OC)c2)n3C(C)C)cc1. The second-order valence-electron chi connectivity index (χ2n) is 7.09. The highest BCUT2D eigenvalue weighted by Crippen LogP contribution is 2.36. The summed E-state index contributed by atoms with van der Waals surface area (Å²) in [7, 11) is 4.90. The van der Waals surface area contributed by atoms with Gasteiger partial charge in [0.25, 0.3) is 0 Å². The van der Waals surface area contributed by atoms with Gasteiger partial charge in [0.2, 0.25) is 0 Å². The number of fused-ring (bicyclic) bond motifs is 1. The minimum Gasteiger partial charge on any atom is -0.497 e. The van der Waals surface area contributed by atoms with E-state index >= 15 is 0 Å². The van der Waals surface area contributed by atoms with Gasteiger partial charge in [-0.25, -0.2) is 15.0 Å². The molecule has 7 nitrogen and oxygen atoms in total. The molecule has 7 heteroatoms. The molecule has 0 aliphatic rings. The van der Waals surface area contributed by atoms with Crippen LogP contribution in [-0.2, 0) is 0 Å². The Labute approximate surface area is 175 Å². The summed E-state index contributed by atoms with van der Waals surface area (Å²) < 4.78 is 18.2. The summed E-state index contributed by atoms with van der Waals surface area (Å²) in [5, 5.41) is 0. The van der Waals surface area contributed by atoms with Gasteiger partial charge in [0, 0.05) is 17.2 Å². The van der Waals surface area contributed by atoms with Crippen molar-refractivity contribution in [1.29, 1.82) is 0 Å². The third kappa shape index (κ3) is 3.32. The molecular weight excluding hydrogens is 380 g/mol. The van der Waals surface area contributed by atoms with Gasteiger partial charge in [-0.15, -0.1) is 0 Å². The largest absolute Gasteiger partial charge is 0.497 e. The third-order valence-corrected chi connectivity index (χ3v) is 5.00. The molecular formula is C23H24N4O3. The van der Waals surface area contributed by atoms with Crippen LogP contribution in [0.4, 0.5) is 0 Å². The maximum atomic E-state index is 5.49. The molecule has 0 amide bonds. The first-order valence-corrected chi connectivity index (χ1v) is 9.67. The molecule has 0 saturated heterocycles. The molecule has 0 radical (unpaired) electrons. The number of ether oxygens (including phenoxy) is 3. The van der Waals surface area contributed by atoms with Gasteiger partial charge in [0.15, 0.2) is 17.1 Å². The molecule has 0 spiro atoms. The van der Waals surface area contributed by atoms with Crippen LogP contribution in [0.2, 0.25) is 0 Å². The van der Waals surface area contributed by atoms with Crippen molar-refractivity contribution in [2.45, 2.75) is 19.9 Å². The van der Waals surface area contributed by atoms with E-state index in [4.69, 9.17) is 19.2 Å². The van der Waals surface area contributed by atoms with Crippen LogP contribution in [0.15, 0.2) is 48.8 Å². The van der Waals surface area contributed by atoms with Gasteiger partial charge >= 0.3 is 0 Å². The van der Waals surface area contributed by atoms with Gasteiger partial charge in [0.1, 0.15) is 29.1 Å². The molecule has 0 fully saturated rings. The smallest absolute Gasteiger partial charge is 0.164 e. The zero-order valence-corrected chi connectivity index (χ0v) is 17.7. The zero-order chi connectivity index (χ0) is 21.3. The fourth-order valence-corrected chi connectivity index (χ4v) is 3.54. The molecule has 30 heavy (non-hydrogen) atoms. The van der Waals surface area contributed by atoms with Crippen LogP contribution in [0.5, 0.6) is 17.2 Å². The molecule has 2 heterocycles. The number of benzene rings is 2. The van der Waals surface area contributed by atoms with Crippen LogP contribution in [-0.4, -0.2) is 40.8 Å². The van der Waals surface area contributed by atoms with E-state index in [-0.39, 0.29) is 6.04 Å². The molecule has 154 valence electrons. The first-order chi connectivity index (χ1) is 14.6. The van der Waals surface area contributed by atoms with Crippen molar-refractivity contribution < 1.29 is 14.2 Å². The van der Waals surface area contributed by atoms with E-state index in [1.165, 1.54) is 0 Å². The topological polar surface area (TPSA) is 71.3 Å². The second kappa shape index (κ2) is 8.02. The van der Waals surface area contributed by atoms with Crippen molar-refractivity contribution in [2.75, 3.05) is 21.3 Å². The Kier molecular flexibility index (Phi) is 5.27. The lowest BCUT2D eigenvalue weighted by molar-refractivity contribution is 0.355. The standard InChI is InChI=1S/C23H24N4O3/c1-14(2)27-22(16-8-11-18(29-4)19(12-16)30-5)26-21-20(24-13-25-23(21)27)15-6-9-17(28-3)10-7-15/h6-14H,1-5H3. The molecule has 0 aliphatic heterocycles. The van der Waals surface area contributed by atoms with Crippen molar-refractivity contribution >= 4 is 11.2 Å². The number of rotatable bonds is 6. The lowest BCUT2D eigenvalue weighted by Crippen LogP contribution is -2.04. The Morgan fingerprint density at radius 3 is 2.13 bits per heavy atom. The van der Waals surface area contributed by atoms with Gasteiger partial charge in [-0.3, -0.25) is 0 Å². The first-order valence-electron chi connectivity index (χ1n) is 9.67. The van der Waals surface area contributed by atoms with Crippen LogP contribution in [0.3, 0.4) is 0 Å². The van der Waals surface area contributed by atoms with Gasteiger partial charge in [-0.05, 0) is 56.3 Å². The third-order valence-electron chi connectivity index (χ3n) is 5.00. The highest BCUT2D eigenvalue weighted by atomic mass is 16.5. The molecule has 0 bridgehead atoms. The summed E-state index contributed by atoms with van der Waals surface area (Å²) in [6, 6.07) is 13.7. The molecule has 0 aliphatic carbocycles. The van der Waals surface area contributed by atoms with E-state index in [1.807, 2.05) is 42.5 Å². The Balaban J connectivity index is 1.94. The average molecular weight is 404 g/mol. The number of imidazole rings is 1. The van der Waals surface area contributed by atoms with Gasteiger partial charge in [0.05, 0.1) is 21.3 Å². The summed E-state index contributed by atoms with van der Waals surface area (Å²) in [6.07, 6.45) is 1.58. The maximum absolute atomic E-state index is 5.49. The van der Waals surface area contributed by atoms with E-state index in [0.717, 1.165) is 39.6 Å². The molecule has 2 aromatic heterocycles. The van der Waals surface area contributed by atoms with Crippen LogP contribution >= 0.6 is 0 Å². The van der Waals surface area contributed by atoms with Crippen LogP contribution in [0.1, 0.15) is 19.9 Å². The first kappa shape index (κ1) is 19.7. The minimum absolute atomic E-state index is 0.150. The molecule has 2 aromatic carbocycles. The summed E-state index contributed by atoms with van der Waals surface area (Å²) in [5.74, 6) is 2.92. The minimum atomic E-state index is 0.150. The predicted octanol–water partition coefficient (Wildman–Crippen LogP) is 4.77. The fraction of sp³-hybridized carbons (Fsp3) is 0.261. The highest BCUT2D eigenvalue weighted by molar-refractivity contribution is 5.90. The normalized spacial score (nSPS) is 11.1. The molecule has 0 saturated carbocycles. The highest BCUT2D eigenvalue weighted by Gasteiger charge is 2.20. The summed E-state index contributed by atoms with van der Waals surface area (Å²) in [5.41, 5.74) is 4.19. The van der Waals surface area contributed by atoms with Crippen molar-refractivity contribution in [3.63, 3.8) is 0 Å². The van der Waals surface area contributed by atoms with Crippen molar-refractivity contribution in [3.05, 3.63) is 48.8 Å². The van der Waals surface area contributed by atoms with Crippen LogP contribution in [0, 0.1) is 0 Å². The Morgan fingerprint density at radius 1 is 0.800 bits per heavy atom. The van der Waals surface area contributed by atoms with E-state index in [9.17, 15) is 0 Å². The van der Waals surface area contributed by atoms with Crippen LogP contribution < -0.4 is 14.2 Å². The van der Waals surface area contributed by atoms with E-state index in [2.05, 4.69) is 28.4 Å².